The lowest BCUT2D eigenvalue weighted by Gasteiger charge is -2.40. The molecule has 1 atom stereocenters. The zero-order valence-corrected chi connectivity index (χ0v) is 21.1. The molecule has 0 heterocycles. The molecule has 0 aliphatic carbocycles. The number of ether oxygens (including phenoxy) is 1. The molecule has 0 saturated carbocycles. The maximum atomic E-state index is 13.8. The SMILES string of the molecule is CCC[C@@H](N(NC(=O)c1cccc(OC)c1C)C(=O)c1cc(C)c(C)c(C)c1)C(C)(C)C. The summed E-state index contributed by atoms with van der Waals surface area (Å²) in [5, 5.41) is 1.55. The number of hydrazine groups is 1. The van der Waals surface area contributed by atoms with Crippen molar-refractivity contribution in [1.29, 1.82) is 0 Å². The number of hydrogen-bond acceptors (Lipinski definition) is 3. The van der Waals surface area contributed by atoms with E-state index in [1.807, 2.05) is 39.0 Å². The fraction of sp³-hybridized carbons (Fsp3) is 0.481. The third kappa shape index (κ3) is 5.50. The second kappa shape index (κ2) is 10.2. The third-order valence-electron chi connectivity index (χ3n) is 6.24. The second-order valence-electron chi connectivity index (χ2n) is 9.65. The van der Waals surface area contributed by atoms with Gasteiger partial charge in [-0.25, -0.2) is 5.01 Å². The molecule has 0 aliphatic rings. The maximum Gasteiger partial charge on any atom is 0.272 e. The number of carbonyl (C=O) groups excluding carboxylic acids is 2. The Labute approximate surface area is 193 Å². The van der Waals surface area contributed by atoms with E-state index in [2.05, 4.69) is 40.0 Å². The van der Waals surface area contributed by atoms with Crippen LogP contribution in [0.25, 0.3) is 0 Å². The van der Waals surface area contributed by atoms with Crippen molar-refractivity contribution in [3.8, 4) is 5.75 Å². The van der Waals surface area contributed by atoms with Crippen LogP contribution in [0, 0.1) is 33.1 Å². The predicted octanol–water partition coefficient (Wildman–Crippen LogP) is 5.93. The van der Waals surface area contributed by atoms with Gasteiger partial charge in [-0.2, -0.15) is 0 Å². The van der Waals surface area contributed by atoms with Crippen molar-refractivity contribution in [3.05, 3.63) is 63.7 Å². The van der Waals surface area contributed by atoms with Gasteiger partial charge in [0.05, 0.1) is 13.2 Å². The minimum atomic E-state index is -0.319. The van der Waals surface area contributed by atoms with Gasteiger partial charge < -0.3 is 4.74 Å². The van der Waals surface area contributed by atoms with Gasteiger partial charge in [-0.1, -0.05) is 40.2 Å². The summed E-state index contributed by atoms with van der Waals surface area (Å²) < 4.78 is 5.37. The molecule has 32 heavy (non-hydrogen) atoms. The fourth-order valence-electron chi connectivity index (χ4n) is 4.04. The van der Waals surface area contributed by atoms with E-state index in [4.69, 9.17) is 4.74 Å². The van der Waals surface area contributed by atoms with Crippen molar-refractivity contribution in [2.24, 2.45) is 5.41 Å². The first-order chi connectivity index (χ1) is 14.9. The molecule has 0 aliphatic heterocycles. The summed E-state index contributed by atoms with van der Waals surface area (Å²) >= 11 is 0. The average molecular weight is 439 g/mol. The molecule has 5 heteroatoms. The van der Waals surface area contributed by atoms with E-state index in [0.29, 0.717) is 16.9 Å². The van der Waals surface area contributed by atoms with Crippen LogP contribution in [0.3, 0.4) is 0 Å². The van der Waals surface area contributed by atoms with E-state index in [0.717, 1.165) is 29.5 Å². The van der Waals surface area contributed by atoms with E-state index in [1.165, 1.54) is 5.56 Å². The highest BCUT2D eigenvalue weighted by atomic mass is 16.5. The van der Waals surface area contributed by atoms with Gasteiger partial charge in [0.1, 0.15) is 5.75 Å². The van der Waals surface area contributed by atoms with E-state index < -0.39 is 0 Å². The number of benzene rings is 2. The van der Waals surface area contributed by atoms with Gasteiger partial charge >= 0.3 is 0 Å². The number of nitrogens with one attached hydrogen (secondary N) is 1. The quantitative estimate of drug-likeness (QED) is 0.569. The minimum Gasteiger partial charge on any atom is -0.496 e. The molecule has 0 radical (unpaired) electrons. The Balaban J connectivity index is 2.54. The highest BCUT2D eigenvalue weighted by molar-refractivity contribution is 6.00. The number of hydrogen-bond donors (Lipinski definition) is 1. The number of nitrogens with zero attached hydrogens (tertiary/aromatic N) is 1. The predicted molar refractivity (Wildman–Crippen MR) is 130 cm³/mol. The minimum absolute atomic E-state index is 0.170. The Morgan fingerprint density at radius 3 is 2.12 bits per heavy atom. The van der Waals surface area contributed by atoms with E-state index in [9.17, 15) is 9.59 Å². The fourth-order valence-corrected chi connectivity index (χ4v) is 4.04. The maximum absolute atomic E-state index is 13.8. The van der Waals surface area contributed by atoms with Gasteiger partial charge in [-0.3, -0.25) is 15.0 Å². The number of methoxy groups -OCH3 is 1. The highest BCUT2D eigenvalue weighted by Gasteiger charge is 2.35. The van der Waals surface area contributed by atoms with Crippen LogP contribution in [-0.4, -0.2) is 30.0 Å². The molecule has 2 aromatic carbocycles. The van der Waals surface area contributed by atoms with Crippen molar-refractivity contribution in [3.63, 3.8) is 0 Å². The standard InChI is InChI=1S/C27H38N2O3/c1-10-12-24(27(6,7)8)29(26(31)21-15-17(2)19(4)18(3)16-21)28-25(30)22-13-11-14-23(32-9)20(22)5/h11,13-16,24H,10,12H2,1-9H3,(H,28,30)/t24-/m1/s1. The monoisotopic (exact) mass is 438 g/mol. The van der Waals surface area contributed by atoms with Gasteiger partial charge in [0.15, 0.2) is 0 Å². The van der Waals surface area contributed by atoms with Crippen LogP contribution in [-0.2, 0) is 0 Å². The molecule has 174 valence electrons. The summed E-state index contributed by atoms with van der Waals surface area (Å²) in [6.45, 7) is 16.3. The van der Waals surface area contributed by atoms with Gasteiger partial charge in [0.2, 0.25) is 0 Å². The van der Waals surface area contributed by atoms with Crippen molar-refractivity contribution < 1.29 is 14.3 Å². The lowest BCUT2D eigenvalue weighted by Crippen LogP contribution is -2.56. The number of amides is 2. The van der Waals surface area contributed by atoms with Crippen LogP contribution in [0.15, 0.2) is 30.3 Å². The molecule has 0 fully saturated rings. The molecule has 0 unspecified atom stereocenters. The van der Waals surface area contributed by atoms with Crippen LogP contribution >= 0.6 is 0 Å². The normalized spacial score (nSPS) is 12.3. The van der Waals surface area contributed by atoms with Gasteiger partial charge in [0, 0.05) is 16.7 Å². The number of rotatable bonds is 6. The molecule has 5 nitrogen and oxygen atoms in total. The molecular weight excluding hydrogens is 400 g/mol. The van der Waals surface area contributed by atoms with Crippen molar-refractivity contribution in [2.75, 3.05) is 7.11 Å². The topological polar surface area (TPSA) is 58.6 Å². The summed E-state index contributed by atoms with van der Waals surface area (Å²) in [6.07, 6.45) is 1.67. The summed E-state index contributed by atoms with van der Waals surface area (Å²) in [6, 6.07) is 9.01. The first-order valence-corrected chi connectivity index (χ1v) is 11.3. The van der Waals surface area contributed by atoms with Crippen LogP contribution in [0.5, 0.6) is 5.75 Å². The summed E-state index contributed by atoms with van der Waals surface area (Å²) in [5.41, 5.74) is 7.84. The van der Waals surface area contributed by atoms with Crippen LogP contribution in [0.2, 0.25) is 0 Å². The summed E-state index contributed by atoms with van der Waals surface area (Å²) in [5.74, 6) is 0.125. The Hall–Kier alpha value is -2.82. The molecular formula is C27H38N2O3. The molecule has 2 rings (SSSR count). The van der Waals surface area contributed by atoms with Crippen molar-refractivity contribution in [2.45, 2.75) is 74.3 Å². The highest BCUT2D eigenvalue weighted by Crippen LogP contribution is 2.29. The molecule has 2 aromatic rings. The Bertz CT molecular complexity index is 966. The zero-order chi connectivity index (χ0) is 24.2. The van der Waals surface area contributed by atoms with Gasteiger partial charge in [-0.05, 0) is 80.5 Å². The third-order valence-corrected chi connectivity index (χ3v) is 6.24. The zero-order valence-electron chi connectivity index (χ0n) is 21.1. The Morgan fingerprint density at radius 2 is 1.62 bits per heavy atom. The average Bonchev–Trinajstić information content (AvgIpc) is 2.72. The van der Waals surface area contributed by atoms with Crippen LogP contribution in [0.4, 0.5) is 0 Å². The van der Waals surface area contributed by atoms with Crippen LogP contribution in [0.1, 0.15) is 83.5 Å². The second-order valence-corrected chi connectivity index (χ2v) is 9.65. The van der Waals surface area contributed by atoms with Crippen molar-refractivity contribution >= 4 is 11.8 Å². The van der Waals surface area contributed by atoms with E-state index >= 15 is 0 Å². The first kappa shape index (κ1) is 25.4. The molecule has 1 N–H and O–H groups in total. The number of aryl methyl sites for hydroxylation is 2. The summed E-state index contributed by atoms with van der Waals surface area (Å²) in [7, 11) is 1.58. The smallest absolute Gasteiger partial charge is 0.272 e. The molecule has 0 spiro atoms. The molecule has 0 bridgehead atoms. The molecule has 2 amide bonds. The Kier molecular flexibility index (Phi) is 8.11. The number of carbonyl (C=O) groups is 2. The largest absolute Gasteiger partial charge is 0.496 e. The van der Waals surface area contributed by atoms with Gasteiger partial charge in [-0.15, -0.1) is 0 Å². The van der Waals surface area contributed by atoms with E-state index in [1.54, 1.807) is 24.3 Å². The Morgan fingerprint density at radius 1 is 1.03 bits per heavy atom. The van der Waals surface area contributed by atoms with E-state index in [-0.39, 0.29) is 23.3 Å². The van der Waals surface area contributed by atoms with Crippen LogP contribution < -0.4 is 10.2 Å². The van der Waals surface area contributed by atoms with Gasteiger partial charge in [0.25, 0.3) is 11.8 Å². The van der Waals surface area contributed by atoms with Crippen molar-refractivity contribution in [1.82, 2.24) is 10.4 Å². The first-order valence-electron chi connectivity index (χ1n) is 11.3. The molecule has 0 aromatic heterocycles. The molecule has 0 saturated heterocycles. The lowest BCUT2D eigenvalue weighted by molar-refractivity contribution is 0.0270. The summed E-state index contributed by atoms with van der Waals surface area (Å²) in [4.78, 5) is 27.1. The lowest BCUT2D eigenvalue weighted by atomic mass is 9.83.